The summed E-state index contributed by atoms with van der Waals surface area (Å²) in [6, 6.07) is 6.26. The lowest BCUT2D eigenvalue weighted by atomic mass is 10.2. The second kappa shape index (κ2) is 5.79. The molecule has 0 atom stereocenters. The summed E-state index contributed by atoms with van der Waals surface area (Å²) >= 11 is -0.132. The van der Waals surface area contributed by atoms with Crippen molar-refractivity contribution in [2.45, 2.75) is 5.51 Å². The third kappa shape index (κ3) is 5.06. The quantitative estimate of drug-likeness (QED) is 0.593. The molecule has 1 aromatic carbocycles. The smallest absolute Gasteiger partial charge is 0.441 e. The summed E-state index contributed by atoms with van der Waals surface area (Å²) in [4.78, 5) is 10.4. The molecule has 0 fully saturated rings. The molecule has 88 valence electrons. The van der Waals surface area contributed by atoms with Crippen molar-refractivity contribution in [1.29, 1.82) is 0 Å². The lowest BCUT2D eigenvalue weighted by molar-refractivity contribution is -0.0329. The fraction of sp³-hybridized carbons (Fsp3) is 0.300. The maximum atomic E-state index is 11.8. The molecule has 0 aromatic heterocycles. The number of carbonyl (C=O) groups excluding carboxylic acids is 1. The standard InChI is InChI=1S/C10H9F3O2S/c11-10(12,13)16-5-4-15-9-3-1-2-8(6-9)7-14/h1-3,6-7H,4-5H2. The van der Waals surface area contributed by atoms with Gasteiger partial charge in [-0.3, -0.25) is 4.79 Å². The van der Waals surface area contributed by atoms with Crippen LogP contribution in [0.2, 0.25) is 0 Å². The minimum atomic E-state index is -4.23. The predicted octanol–water partition coefficient (Wildman–Crippen LogP) is 3.13. The summed E-state index contributed by atoms with van der Waals surface area (Å²) < 4.78 is 40.3. The Morgan fingerprint density at radius 2 is 2.12 bits per heavy atom. The van der Waals surface area contributed by atoms with Gasteiger partial charge in [-0.25, -0.2) is 0 Å². The molecular formula is C10H9F3O2S. The monoisotopic (exact) mass is 250 g/mol. The van der Waals surface area contributed by atoms with Crippen LogP contribution in [0.25, 0.3) is 0 Å². The van der Waals surface area contributed by atoms with E-state index >= 15 is 0 Å². The molecule has 6 heteroatoms. The Labute approximate surface area is 94.8 Å². The zero-order chi connectivity index (χ0) is 12.0. The first kappa shape index (κ1) is 12.9. The van der Waals surface area contributed by atoms with Gasteiger partial charge in [0.05, 0.1) is 6.61 Å². The molecule has 0 aliphatic carbocycles. The minimum absolute atomic E-state index is 0.0491. The molecule has 1 aromatic rings. The SMILES string of the molecule is O=Cc1cccc(OCCSC(F)(F)F)c1. The van der Waals surface area contributed by atoms with Gasteiger partial charge in [0, 0.05) is 11.3 Å². The lowest BCUT2D eigenvalue weighted by Gasteiger charge is -2.07. The second-order valence-electron chi connectivity index (χ2n) is 2.83. The number of aldehydes is 1. The first-order valence-electron chi connectivity index (χ1n) is 4.40. The van der Waals surface area contributed by atoms with Crippen molar-refractivity contribution in [2.24, 2.45) is 0 Å². The number of alkyl halides is 3. The van der Waals surface area contributed by atoms with Crippen molar-refractivity contribution in [2.75, 3.05) is 12.4 Å². The fourth-order valence-electron chi connectivity index (χ4n) is 0.995. The van der Waals surface area contributed by atoms with Crippen LogP contribution in [0, 0.1) is 0 Å². The first-order valence-corrected chi connectivity index (χ1v) is 5.38. The van der Waals surface area contributed by atoms with E-state index in [4.69, 9.17) is 4.74 Å². The van der Waals surface area contributed by atoms with Gasteiger partial charge in [-0.15, -0.1) is 0 Å². The van der Waals surface area contributed by atoms with Crippen LogP contribution in [0.4, 0.5) is 13.2 Å². The minimum Gasteiger partial charge on any atom is -0.493 e. The maximum absolute atomic E-state index is 11.8. The van der Waals surface area contributed by atoms with Crippen LogP contribution in [0.1, 0.15) is 10.4 Å². The molecule has 0 heterocycles. The molecule has 0 saturated carbocycles. The molecular weight excluding hydrogens is 241 g/mol. The van der Waals surface area contributed by atoms with Gasteiger partial charge in [0.2, 0.25) is 0 Å². The normalized spacial score (nSPS) is 11.2. The van der Waals surface area contributed by atoms with Crippen LogP contribution in [-0.4, -0.2) is 24.2 Å². The van der Waals surface area contributed by atoms with Gasteiger partial charge >= 0.3 is 5.51 Å². The summed E-state index contributed by atoms with van der Waals surface area (Å²) in [6.45, 7) is -0.0491. The van der Waals surface area contributed by atoms with Gasteiger partial charge in [-0.05, 0) is 23.9 Å². The number of benzene rings is 1. The van der Waals surface area contributed by atoms with Crippen LogP contribution >= 0.6 is 11.8 Å². The van der Waals surface area contributed by atoms with Crippen LogP contribution in [-0.2, 0) is 0 Å². The Bertz CT molecular complexity index is 352. The van der Waals surface area contributed by atoms with Gasteiger partial charge in [-0.2, -0.15) is 13.2 Å². The van der Waals surface area contributed by atoms with E-state index in [0.717, 1.165) is 0 Å². The molecule has 0 N–H and O–H groups in total. The van der Waals surface area contributed by atoms with Crippen LogP contribution in [0.5, 0.6) is 5.75 Å². The molecule has 0 saturated heterocycles. The van der Waals surface area contributed by atoms with Crippen LogP contribution in [0.15, 0.2) is 24.3 Å². The van der Waals surface area contributed by atoms with Gasteiger partial charge < -0.3 is 4.74 Å². The number of hydrogen-bond acceptors (Lipinski definition) is 3. The van der Waals surface area contributed by atoms with Crippen molar-refractivity contribution in [3.05, 3.63) is 29.8 Å². The zero-order valence-electron chi connectivity index (χ0n) is 8.16. The molecule has 0 aliphatic heterocycles. The number of thioether (sulfide) groups is 1. The topological polar surface area (TPSA) is 26.3 Å². The van der Waals surface area contributed by atoms with Crippen LogP contribution in [0.3, 0.4) is 0 Å². The Kier molecular flexibility index (Phi) is 4.67. The zero-order valence-corrected chi connectivity index (χ0v) is 8.98. The Morgan fingerprint density at radius 3 is 2.75 bits per heavy atom. The van der Waals surface area contributed by atoms with E-state index in [1.165, 1.54) is 6.07 Å². The number of carbonyl (C=O) groups is 1. The largest absolute Gasteiger partial charge is 0.493 e. The number of ether oxygens (including phenoxy) is 1. The van der Waals surface area contributed by atoms with Crippen molar-refractivity contribution in [3.8, 4) is 5.75 Å². The van der Waals surface area contributed by atoms with E-state index in [9.17, 15) is 18.0 Å². The molecule has 0 radical (unpaired) electrons. The highest BCUT2D eigenvalue weighted by Crippen LogP contribution is 2.29. The van der Waals surface area contributed by atoms with E-state index in [0.29, 0.717) is 17.6 Å². The maximum Gasteiger partial charge on any atom is 0.441 e. The molecule has 2 nitrogen and oxygen atoms in total. The fourth-order valence-corrected chi connectivity index (χ4v) is 1.39. The van der Waals surface area contributed by atoms with Gasteiger partial charge in [0.25, 0.3) is 0 Å². The molecule has 0 spiro atoms. The summed E-state index contributed by atoms with van der Waals surface area (Å²) in [6.07, 6.45) is 0.650. The van der Waals surface area contributed by atoms with E-state index < -0.39 is 5.51 Å². The summed E-state index contributed by atoms with van der Waals surface area (Å²) in [7, 11) is 0. The van der Waals surface area contributed by atoms with E-state index in [2.05, 4.69) is 0 Å². The van der Waals surface area contributed by atoms with Crippen molar-refractivity contribution in [3.63, 3.8) is 0 Å². The summed E-state index contributed by atoms with van der Waals surface area (Å²) in [5, 5.41) is 0. The molecule has 0 unspecified atom stereocenters. The Hall–Kier alpha value is -1.17. The molecule has 0 amide bonds. The van der Waals surface area contributed by atoms with Gasteiger partial charge in [-0.1, -0.05) is 12.1 Å². The Morgan fingerprint density at radius 1 is 1.38 bits per heavy atom. The Balaban J connectivity index is 2.34. The molecule has 16 heavy (non-hydrogen) atoms. The van der Waals surface area contributed by atoms with Crippen molar-refractivity contribution in [1.82, 2.24) is 0 Å². The third-order valence-electron chi connectivity index (χ3n) is 1.61. The molecule has 0 bridgehead atoms. The average molecular weight is 250 g/mol. The van der Waals surface area contributed by atoms with Gasteiger partial charge in [0.15, 0.2) is 0 Å². The summed E-state index contributed by atoms with van der Waals surface area (Å²) in [5.41, 5.74) is -3.80. The van der Waals surface area contributed by atoms with E-state index in [-0.39, 0.29) is 24.1 Å². The van der Waals surface area contributed by atoms with E-state index in [1.54, 1.807) is 18.2 Å². The van der Waals surface area contributed by atoms with Crippen LogP contribution < -0.4 is 4.74 Å². The highest BCUT2D eigenvalue weighted by Gasteiger charge is 2.27. The lowest BCUT2D eigenvalue weighted by Crippen LogP contribution is -2.07. The number of hydrogen-bond donors (Lipinski definition) is 0. The first-order chi connectivity index (χ1) is 7.51. The number of halogens is 3. The van der Waals surface area contributed by atoms with Crippen molar-refractivity contribution < 1.29 is 22.7 Å². The third-order valence-corrected chi connectivity index (χ3v) is 2.31. The highest BCUT2D eigenvalue weighted by molar-refractivity contribution is 8.00. The number of rotatable bonds is 5. The molecule has 0 aliphatic rings. The van der Waals surface area contributed by atoms with Crippen molar-refractivity contribution >= 4 is 18.0 Å². The van der Waals surface area contributed by atoms with E-state index in [1.807, 2.05) is 0 Å². The second-order valence-corrected chi connectivity index (χ2v) is 3.99. The summed E-state index contributed by atoms with van der Waals surface area (Å²) in [5.74, 6) is 0.224. The predicted molar refractivity (Wildman–Crippen MR) is 55.8 cm³/mol. The molecule has 1 rings (SSSR count). The highest BCUT2D eigenvalue weighted by atomic mass is 32.2. The average Bonchev–Trinajstić information content (AvgIpc) is 2.23. The van der Waals surface area contributed by atoms with Gasteiger partial charge in [0.1, 0.15) is 12.0 Å².